The van der Waals surface area contributed by atoms with Crippen LogP contribution in [0.4, 0.5) is 10.7 Å². The summed E-state index contributed by atoms with van der Waals surface area (Å²) in [6, 6.07) is 21.0. The molecule has 3 N–H and O–H groups in total. The number of nitrogens with one attached hydrogen (secondary N) is 3. The predicted molar refractivity (Wildman–Crippen MR) is 142 cm³/mol. The lowest BCUT2D eigenvalue weighted by Crippen LogP contribution is -2.40. The smallest absolute Gasteiger partial charge is 0.261 e. The molecule has 37 heavy (non-hydrogen) atoms. The van der Waals surface area contributed by atoms with Gasteiger partial charge < -0.3 is 15.6 Å². The van der Waals surface area contributed by atoms with Crippen molar-refractivity contribution in [3.8, 4) is 0 Å². The second kappa shape index (κ2) is 9.36. The summed E-state index contributed by atoms with van der Waals surface area (Å²) in [7, 11) is 0. The Labute approximate surface area is 216 Å². The third kappa shape index (κ3) is 4.15. The Hall–Kier alpha value is -4.76. The molecule has 1 atom stereocenters. The molecule has 0 bridgehead atoms. The number of aromatic amines is 1. The average molecular weight is 508 g/mol. The lowest BCUT2D eigenvalue weighted by atomic mass is 10.1. The minimum absolute atomic E-state index is 0.0172. The summed E-state index contributed by atoms with van der Waals surface area (Å²) in [4.78, 5) is 48.1. The van der Waals surface area contributed by atoms with Crippen LogP contribution < -0.4 is 10.6 Å². The summed E-state index contributed by atoms with van der Waals surface area (Å²) < 4.78 is 0. The molecule has 0 unspecified atom stereocenters. The van der Waals surface area contributed by atoms with E-state index in [4.69, 9.17) is 0 Å². The van der Waals surface area contributed by atoms with Crippen molar-refractivity contribution in [2.24, 2.45) is 0 Å². The monoisotopic (exact) mass is 507 g/mol. The molecule has 9 heteroatoms. The van der Waals surface area contributed by atoms with Crippen LogP contribution in [0, 0.1) is 0 Å². The zero-order valence-electron chi connectivity index (χ0n) is 19.5. The molecule has 3 amide bonds. The summed E-state index contributed by atoms with van der Waals surface area (Å²) in [5, 5.41) is 9.84. The van der Waals surface area contributed by atoms with Gasteiger partial charge in [-0.3, -0.25) is 19.3 Å². The van der Waals surface area contributed by atoms with E-state index in [1.54, 1.807) is 36.5 Å². The zero-order valence-corrected chi connectivity index (χ0v) is 20.3. The second-order valence-corrected chi connectivity index (χ2v) is 9.51. The number of thiophene rings is 1. The van der Waals surface area contributed by atoms with Crippen molar-refractivity contribution in [3.05, 3.63) is 113 Å². The van der Waals surface area contributed by atoms with Crippen LogP contribution in [0.25, 0.3) is 11.0 Å². The highest BCUT2D eigenvalue weighted by Crippen LogP contribution is 2.31. The molecule has 3 aromatic heterocycles. The Bertz CT molecular complexity index is 1610. The van der Waals surface area contributed by atoms with Crippen molar-refractivity contribution in [2.45, 2.75) is 6.04 Å². The van der Waals surface area contributed by atoms with Crippen molar-refractivity contribution in [2.75, 3.05) is 11.9 Å². The highest BCUT2D eigenvalue weighted by atomic mass is 32.1. The molecule has 182 valence electrons. The molecule has 2 aromatic carbocycles. The van der Waals surface area contributed by atoms with Crippen LogP contribution in [-0.2, 0) is 0 Å². The predicted octanol–water partition coefficient (Wildman–Crippen LogP) is 5.14. The first-order chi connectivity index (χ1) is 18.1. The lowest BCUT2D eigenvalue weighted by molar-refractivity contribution is 0.0629. The summed E-state index contributed by atoms with van der Waals surface area (Å²) in [6.45, 7) is 0.0172. The van der Waals surface area contributed by atoms with Crippen molar-refractivity contribution in [3.63, 3.8) is 0 Å². The van der Waals surface area contributed by atoms with Crippen molar-refractivity contribution >= 4 is 50.8 Å². The van der Waals surface area contributed by atoms with E-state index in [1.165, 1.54) is 16.2 Å². The van der Waals surface area contributed by atoms with Crippen LogP contribution in [0.5, 0.6) is 0 Å². The summed E-state index contributed by atoms with van der Waals surface area (Å²) in [5.74, 6) is -1.03. The Kier molecular flexibility index (Phi) is 5.74. The van der Waals surface area contributed by atoms with Gasteiger partial charge in [0, 0.05) is 17.8 Å². The molecule has 6 rings (SSSR count). The number of fused-ring (bicyclic) bond motifs is 2. The van der Waals surface area contributed by atoms with Gasteiger partial charge in [0.25, 0.3) is 17.7 Å². The molecule has 1 aliphatic heterocycles. The molecule has 0 aliphatic carbocycles. The number of H-pyrrole nitrogens is 1. The molecule has 0 fully saturated rings. The number of hydrogen-bond donors (Lipinski definition) is 3. The minimum Gasteiger partial charge on any atom is -0.346 e. The standard InChI is InChI=1S/C28H21N5O3S/c34-25(21-12-15-37-26(21)32-22-11-14-30-24-20(22)10-13-29-24)31-23(17-6-2-1-3-7-17)16-33-27(35)18-8-4-5-9-19(18)28(33)36/h1-15,23H,16H2,(H,31,34)(H2,29,30,32)/t23-/m1/s1. The van der Waals surface area contributed by atoms with Crippen LogP contribution in [0.2, 0.25) is 0 Å². The van der Waals surface area contributed by atoms with E-state index >= 15 is 0 Å². The van der Waals surface area contributed by atoms with E-state index in [0.717, 1.165) is 22.3 Å². The zero-order chi connectivity index (χ0) is 25.4. The van der Waals surface area contributed by atoms with Crippen molar-refractivity contribution < 1.29 is 14.4 Å². The molecule has 0 spiro atoms. The first-order valence-electron chi connectivity index (χ1n) is 11.7. The van der Waals surface area contributed by atoms with Gasteiger partial charge in [0.2, 0.25) is 0 Å². The molecular formula is C28H21N5O3S. The Balaban J connectivity index is 1.27. The van der Waals surface area contributed by atoms with E-state index in [2.05, 4.69) is 20.6 Å². The van der Waals surface area contributed by atoms with Crippen molar-refractivity contribution in [1.82, 2.24) is 20.2 Å². The fraction of sp³-hybridized carbons (Fsp3) is 0.0714. The maximum absolute atomic E-state index is 13.5. The number of carbonyl (C=O) groups excluding carboxylic acids is 3. The Morgan fingerprint density at radius 1 is 0.946 bits per heavy atom. The van der Waals surface area contributed by atoms with Gasteiger partial charge in [-0.2, -0.15) is 0 Å². The molecule has 8 nitrogen and oxygen atoms in total. The van der Waals surface area contributed by atoms with Crippen LogP contribution >= 0.6 is 11.3 Å². The van der Waals surface area contributed by atoms with Gasteiger partial charge >= 0.3 is 0 Å². The first-order valence-corrected chi connectivity index (χ1v) is 12.6. The van der Waals surface area contributed by atoms with E-state index in [9.17, 15) is 14.4 Å². The van der Waals surface area contributed by atoms with Gasteiger partial charge in [0.15, 0.2) is 0 Å². The van der Waals surface area contributed by atoms with Gasteiger partial charge in [-0.05, 0) is 41.3 Å². The minimum atomic E-state index is -0.596. The number of benzene rings is 2. The van der Waals surface area contributed by atoms with E-state index < -0.39 is 6.04 Å². The van der Waals surface area contributed by atoms with Gasteiger partial charge in [-0.25, -0.2) is 4.98 Å². The normalized spacial score (nSPS) is 13.6. The lowest BCUT2D eigenvalue weighted by Gasteiger charge is -2.24. The number of carbonyl (C=O) groups is 3. The fourth-order valence-corrected chi connectivity index (χ4v) is 5.32. The number of pyridine rings is 1. The van der Waals surface area contributed by atoms with Crippen LogP contribution in [0.1, 0.15) is 42.7 Å². The quantitative estimate of drug-likeness (QED) is 0.265. The largest absolute Gasteiger partial charge is 0.346 e. The van der Waals surface area contributed by atoms with E-state index in [0.29, 0.717) is 21.7 Å². The summed E-state index contributed by atoms with van der Waals surface area (Å²) in [5.41, 5.74) is 3.59. The molecule has 0 radical (unpaired) electrons. The average Bonchev–Trinajstić information content (AvgIpc) is 3.65. The number of aromatic nitrogens is 2. The SMILES string of the molecule is O=C(N[C@H](CN1C(=O)c2ccccc2C1=O)c1ccccc1)c1ccsc1Nc1ccnc2[nH]ccc12. The van der Waals surface area contributed by atoms with E-state index in [1.807, 2.05) is 54.0 Å². The Morgan fingerprint density at radius 3 is 2.43 bits per heavy atom. The summed E-state index contributed by atoms with van der Waals surface area (Å²) in [6.07, 6.45) is 3.51. The molecule has 1 aliphatic rings. The topological polar surface area (TPSA) is 107 Å². The molecule has 5 aromatic rings. The van der Waals surface area contributed by atoms with Gasteiger partial charge in [-0.15, -0.1) is 11.3 Å². The molecular weight excluding hydrogens is 486 g/mol. The molecule has 0 saturated heterocycles. The third-order valence-corrected chi connectivity index (χ3v) is 7.20. The maximum Gasteiger partial charge on any atom is 0.261 e. The fourth-order valence-electron chi connectivity index (χ4n) is 4.52. The van der Waals surface area contributed by atoms with Gasteiger partial charge in [0.1, 0.15) is 10.6 Å². The number of amides is 3. The van der Waals surface area contributed by atoms with Gasteiger partial charge in [0.05, 0.1) is 35.0 Å². The van der Waals surface area contributed by atoms with E-state index in [-0.39, 0.29) is 24.3 Å². The van der Waals surface area contributed by atoms with Crippen LogP contribution in [0.3, 0.4) is 0 Å². The van der Waals surface area contributed by atoms with Gasteiger partial charge in [-0.1, -0.05) is 42.5 Å². The third-order valence-electron chi connectivity index (χ3n) is 6.37. The number of anilines is 2. The second-order valence-electron chi connectivity index (χ2n) is 8.59. The molecule has 0 saturated carbocycles. The van der Waals surface area contributed by atoms with Crippen molar-refractivity contribution in [1.29, 1.82) is 0 Å². The number of rotatable bonds is 7. The Morgan fingerprint density at radius 2 is 1.68 bits per heavy atom. The summed E-state index contributed by atoms with van der Waals surface area (Å²) >= 11 is 1.41. The number of imide groups is 1. The maximum atomic E-state index is 13.5. The highest BCUT2D eigenvalue weighted by molar-refractivity contribution is 7.14. The first kappa shape index (κ1) is 22.7. The molecule has 4 heterocycles. The number of nitrogens with zero attached hydrogens (tertiary/aromatic N) is 2. The highest BCUT2D eigenvalue weighted by Gasteiger charge is 2.37. The van der Waals surface area contributed by atoms with Crippen LogP contribution in [-0.4, -0.2) is 39.1 Å². The number of hydrogen-bond acceptors (Lipinski definition) is 6. The van der Waals surface area contributed by atoms with Crippen LogP contribution in [0.15, 0.2) is 90.6 Å².